The molecule has 0 amide bonds. The Morgan fingerprint density at radius 1 is 1.56 bits per heavy atom. The molecule has 1 saturated heterocycles. The van der Waals surface area contributed by atoms with Crippen molar-refractivity contribution in [1.29, 1.82) is 0 Å². The Morgan fingerprint density at radius 3 is 3.06 bits per heavy atom. The number of halogens is 1. The normalized spacial score (nSPS) is 22.1. The fourth-order valence-electron chi connectivity index (χ4n) is 2.31. The van der Waals surface area contributed by atoms with E-state index in [9.17, 15) is 9.50 Å². The standard InChI is InChI=1S/C14H20FNO2/c1-11(17)12-5-6-16(10-12)7-8-18-14-4-2-3-13(15)9-14/h2-4,9,11-12,17H,5-8,10H2,1H3. The summed E-state index contributed by atoms with van der Waals surface area (Å²) in [5.41, 5.74) is 0. The van der Waals surface area contributed by atoms with Crippen LogP contribution in [0.2, 0.25) is 0 Å². The van der Waals surface area contributed by atoms with E-state index in [2.05, 4.69) is 4.90 Å². The molecule has 1 N–H and O–H groups in total. The van der Waals surface area contributed by atoms with Crippen LogP contribution in [-0.2, 0) is 0 Å². The first-order valence-electron chi connectivity index (χ1n) is 6.44. The van der Waals surface area contributed by atoms with Crippen LogP contribution in [0.3, 0.4) is 0 Å². The number of benzene rings is 1. The maximum absolute atomic E-state index is 12.9. The van der Waals surface area contributed by atoms with E-state index < -0.39 is 0 Å². The first-order chi connectivity index (χ1) is 8.65. The van der Waals surface area contributed by atoms with Gasteiger partial charge in [-0.05, 0) is 37.9 Å². The fraction of sp³-hybridized carbons (Fsp3) is 0.571. The quantitative estimate of drug-likeness (QED) is 0.870. The summed E-state index contributed by atoms with van der Waals surface area (Å²) in [4.78, 5) is 2.27. The first-order valence-corrected chi connectivity index (χ1v) is 6.44. The lowest BCUT2D eigenvalue weighted by atomic mass is 10.0. The zero-order valence-corrected chi connectivity index (χ0v) is 10.7. The minimum atomic E-state index is -0.275. The molecule has 0 spiro atoms. The van der Waals surface area contributed by atoms with Gasteiger partial charge in [0.1, 0.15) is 18.2 Å². The molecule has 0 saturated carbocycles. The SMILES string of the molecule is CC(O)C1CCN(CCOc2cccc(F)c2)C1. The molecule has 1 aromatic carbocycles. The summed E-state index contributed by atoms with van der Waals surface area (Å²) in [6, 6.07) is 6.19. The molecule has 0 aromatic heterocycles. The van der Waals surface area contributed by atoms with Gasteiger partial charge in [-0.2, -0.15) is 0 Å². The highest BCUT2D eigenvalue weighted by molar-refractivity contribution is 5.22. The Balaban J connectivity index is 1.70. The van der Waals surface area contributed by atoms with Crippen molar-refractivity contribution in [3.05, 3.63) is 30.1 Å². The van der Waals surface area contributed by atoms with E-state index in [1.54, 1.807) is 12.1 Å². The van der Waals surface area contributed by atoms with Gasteiger partial charge in [0.05, 0.1) is 6.10 Å². The van der Waals surface area contributed by atoms with Crippen LogP contribution in [0.4, 0.5) is 4.39 Å². The van der Waals surface area contributed by atoms with Gasteiger partial charge in [-0.25, -0.2) is 4.39 Å². The van der Waals surface area contributed by atoms with Crippen molar-refractivity contribution in [1.82, 2.24) is 4.90 Å². The molecule has 2 rings (SSSR count). The molecule has 2 unspecified atom stereocenters. The Kier molecular flexibility index (Phi) is 4.55. The van der Waals surface area contributed by atoms with Crippen molar-refractivity contribution in [3.63, 3.8) is 0 Å². The Hall–Kier alpha value is -1.13. The molecule has 1 aromatic rings. The molecule has 1 aliphatic rings. The second-order valence-electron chi connectivity index (χ2n) is 4.90. The van der Waals surface area contributed by atoms with Crippen LogP contribution in [-0.4, -0.2) is 42.4 Å². The van der Waals surface area contributed by atoms with Crippen molar-refractivity contribution in [2.45, 2.75) is 19.4 Å². The number of hydrogen-bond acceptors (Lipinski definition) is 3. The second-order valence-corrected chi connectivity index (χ2v) is 4.90. The van der Waals surface area contributed by atoms with Gasteiger partial charge >= 0.3 is 0 Å². The van der Waals surface area contributed by atoms with Gasteiger partial charge in [0.15, 0.2) is 0 Å². The molecular formula is C14H20FNO2. The monoisotopic (exact) mass is 253 g/mol. The van der Waals surface area contributed by atoms with Crippen LogP contribution < -0.4 is 4.74 Å². The summed E-state index contributed by atoms with van der Waals surface area (Å²) in [5, 5.41) is 9.50. The van der Waals surface area contributed by atoms with Crippen molar-refractivity contribution < 1.29 is 14.2 Å². The van der Waals surface area contributed by atoms with Crippen LogP contribution in [0.1, 0.15) is 13.3 Å². The number of rotatable bonds is 5. The third-order valence-corrected chi connectivity index (χ3v) is 3.46. The van der Waals surface area contributed by atoms with Crippen molar-refractivity contribution >= 4 is 0 Å². The van der Waals surface area contributed by atoms with E-state index in [4.69, 9.17) is 4.74 Å². The molecule has 100 valence electrons. The van der Waals surface area contributed by atoms with Crippen molar-refractivity contribution in [2.75, 3.05) is 26.2 Å². The van der Waals surface area contributed by atoms with E-state index in [1.807, 2.05) is 6.92 Å². The van der Waals surface area contributed by atoms with Crippen LogP contribution in [0.25, 0.3) is 0 Å². The predicted molar refractivity (Wildman–Crippen MR) is 68.1 cm³/mol. The highest BCUT2D eigenvalue weighted by Crippen LogP contribution is 2.19. The highest BCUT2D eigenvalue weighted by Gasteiger charge is 2.25. The largest absolute Gasteiger partial charge is 0.492 e. The summed E-state index contributed by atoms with van der Waals surface area (Å²) >= 11 is 0. The van der Waals surface area contributed by atoms with Gasteiger partial charge in [-0.15, -0.1) is 0 Å². The zero-order valence-electron chi connectivity index (χ0n) is 10.7. The molecule has 0 radical (unpaired) electrons. The third kappa shape index (κ3) is 3.68. The number of hydrogen-bond donors (Lipinski definition) is 1. The lowest BCUT2D eigenvalue weighted by molar-refractivity contribution is 0.125. The summed E-state index contributed by atoms with van der Waals surface area (Å²) in [6.07, 6.45) is 0.802. The third-order valence-electron chi connectivity index (χ3n) is 3.46. The summed E-state index contributed by atoms with van der Waals surface area (Å²) in [7, 11) is 0. The first kappa shape index (κ1) is 13.3. The lowest BCUT2D eigenvalue weighted by Gasteiger charge is -2.17. The summed E-state index contributed by atoms with van der Waals surface area (Å²) in [6.45, 7) is 5.14. The molecule has 2 atom stereocenters. The topological polar surface area (TPSA) is 32.7 Å². The average molecular weight is 253 g/mol. The van der Waals surface area contributed by atoms with Crippen LogP contribution in [0.5, 0.6) is 5.75 Å². The Labute approximate surface area is 107 Å². The van der Waals surface area contributed by atoms with Gasteiger partial charge in [-0.1, -0.05) is 6.07 Å². The predicted octanol–water partition coefficient (Wildman–Crippen LogP) is 1.91. The number of ether oxygens (including phenoxy) is 1. The molecule has 0 bridgehead atoms. The average Bonchev–Trinajstić information content (AvgIpc) is 2.78. The van der Waals surface area contributed by atoms with Gasteiger partial charge in [0.25, 0.3) is 0 Å². The van der Waals surface area contributed by atoms with E-state index in [0.29, 0.717) is 18.3 Å². The Bertz CT molecular complexity index is 384. The minimum absolute atomic E-state index is 0.237. The van der Waals surface area contributed by atoms with Crippen LogP contribution >= 0.6 is 0 Å². The number of aliphatic hydroxyl groups is 1. The zero-order chi connectivity index (χ0) is 13.0. The van der Waals surface area contributed by atoms with Gasteiger partial charge < -0.3 is 9.84 Å². The molecular weight excluding hydrogens is 233 g/mol. The van der Waals surface area contributed by atoms with E-state index in [-0.39, 0.29) is 11.9 Å². The molecule has 3 nitrogen and oxygen atoms in total. The molecule has 18 heavy (non-hydrogen) atoms. The summed E-state index contributed by atoms with van der Waals surface area (Å²) in [5.74, 6) is 0.670. The van der Waals surface area contributed by atoms with Crippen LogP contribution in [0, 0.1) is 11.7 Å². The lowest BCUT2D eigenvalue weighted by Crippen LogP contribution is -2.28. The number of aliphatic hydroxyl groups excluding tert-OH is 1. The Morgan fingerprint density at radius 2 is 2.39 bits per heavy atom. The van der Waals surface area contributed by atoms with E-state index >= 15 is 0 Å². The van der Waals surface area contributed by atoms with Gasteiger partial charge in [0.2, 0.25) is 0 Å². The molecule has 0 aliphatic carbocycles. The fourth-order valence-corrected chi connectivity index (χ4v) is 2.31. The highest BCUT2D eigenvalue weighted by atomic mass is 19.1. The molecule has 1 fully saturated rings. The molecule has 4 heteroatoms. The van der Waals surface area contributed by atoms with Gasteiger partial charge in [-0.3, -0.25) is 4.90 Å². The maximum atomic E-state index is 12.9. The maximum Gasteiger partial charge on any atom is 0.126 e. The van der Waals surface area contributed by atoms with E-state index in [1.165, 1.54) is 12.1 Å². The summed E-state index contributed by atoms with van der Waals surface area (Å²) < 4.78 is 18.4. The minimum Gasteiger partial charge on any atom is -0.492 e. The van der Waals surface area contributed by atoms with Crippen molar-refractivity contribution in [3.8, 4) is 5.75 Å². The van der Waals surface area contributed by atoms with Gasteiger partial charge in [0, 0.05) is 19.2 Å². The second kappa shape index (κ2) is 6.16. The van der Waals surface area contributed by atoms with Crippen molar-refractivity contribution in [2.24, 2.45) is 5.92 Å². The molecule has 1 aliphatic heterocycles. The molecule has 1 heterocycles. The van der Waals surface area contributed by atoms with Crippen LogP contribution in [0.15, 0.2) is 24.3 Å². The number of nitrogens with zero attached hydrogens (tertiary/aromatic N) is 1. The number of likely N-dealkylation sites (tertiary alicyclic amines) is 1. The van der Waals surface area contributed by atoms with E-state index in [0.717, 1.165) is 26.1 Å². The smallest absolute Gasteiger partial charge is 0.126 e.